The molecule has 0 atom stereocenters. The summed E-state index contributed by atoms with van der Waals surface area (Å²) in [6.45, 7) is 4.06. The van der Waals surface area contributed by atoms with Gasteiger partial charge in [0, 0.05) is 25.5 Å². The second kappa shape index (κ2) is 6.07. The fourth-order valence-electron chi connectivity index (χ4n) is 1.69. The Morgan fingerprint density at radius 2 is 2.11 bits per heavy atom. The summed E-state index contributed by atoms with van der Waals surface area (Å²) in [5.41, 5.74) is 7.39. The average molecular weight is 243 g/mol. The lowest BCUT2D eigenvalue weighted by atomic mass is 10.3. The fourth-order valence-corrected chi connectivity index (χ4v) is 1.69. The van der Waals surface area contributed by atoms with E-state index < -0.39 is 0 Å². The minimum atomic E-state index is 0.405. The highest BCUT2D eigenvalue weighted by molar-refractivity contribution is 5.36. The highest BCUT2D eigenvalue weighted by Gasteiger charge is 2.08. The van der Waals surface area contributed by atoms with Crippen LogP contribution in [0.2, 0.25) is 0 Å². The van der Waals surface area contributed by atoms with E-state index in [1.54, 1.807) is 18.6 Å². The van der Waals surface area contributed by atoms with Crippen LogP contribution in [-0.4, -0.2) is 21.5 Å². The summed E-state index contributed by atoms with van der Waals surface area (Å²) in [4.78, 5) is 15.1. The fraction of sp³-hybridized carbons (Fsp3) is 0.308. The Labute approximate surface area is 107 Å². The Hall–Kier alpha value is -2.01. The summed E-state index contributed by atoms with van der Waals surface area (Å²) in [6.07, 6.45) is 5.24. The van der Waals surface area contributed by atoms with Crippen molar-refractivity contribution in [2.45, 2.75) is 20.0 Å². The van der Waals surface area contributed by atoms with Crippen molar-refractivity contribution in [3.8, 4) is 0 Å². The van der Waals surface area contributed by atoms with Crippen molar-refractivity contribution in [1.29, 1.82) is 0 Å². The van der Waals surface area contributed by atoms with Crippen molar-refractivity contribution in [2.24, 2.45) is 5.73 Å². The second-order valence-corrected chi connectivity index (χ2v) is 3.91. The maximum absolute atomic E-state index is 5.58. The zero-order valence-electron chi connectivity index (χ0n) is 10.5. The molecule has 2 aromatic rings. The lowest BCUT2D eigenvalue weighted by molar-refractivity contribution is 0.781. The number of rotatable bonds is 5. The summed E-state index contributed by atoms with van der Waals surface area (Å²) < 4.78 is 0. The zero-order valence-corrected chi connectivity index (χ0v) is 10.5. The van der Waals surface area contributed by atoms with Crippen LogP contribution in [0.3, 0.4) is 0 Å². The molecule has 2 rings (SSSR count). The molecule has 2 N–H and O–H groups in total. The van der Waals surface area contributed by atoms with Gasteiger partial charge in [-0.25, -0.2) is 4.98 Å². The molecule has 0 aliphatic heterocycles. The maximum atomic E-state index is 5.58. The highest BCUT2D eigenvalue weighted by Crippen LogP contribution is 2.12. The highest BCUT2D eigenvalue weighted by atomic mass is 15.2. The summed E-state index contributed by atoms with van der Waals surface area (Å²) in [5, 5.41) is 0. The molecule has 0 fully saturated rings. The summed E-state index contributed by atoms with van der Waals surface area (Å²) in [7, 11) is 0. The van der Waals surface area contributed by atoms with E-state index in [1.165, 1.54) is 0 Å². The number of nitrogens with two attached hydrogens (primary N) is 1. The van der Waals surface area contributed by atoms with E-state index in [9.17, 15) is 0 Å². The van der Waals surface area contributed by atoms with Crippen molar-refractivity contribution >= 4 is 5.82 Å². The third-order valence-corrected chi connectivity index (χ3v) is 2.67. The molecule has 0 spiro atoms. The quantitative estimate of drug-likeness (QED) is 0.858. The topological polar surface area (TPSA) is 67.9 Å². The molecule has 0 amide bonds. The van der Waals surface area contributed by atoms with Gasteiger partial charge in [0.15, 0.2) is 0 Å². The molecule has 5 heteroatoms. The zero-order chi connectivity index (χ0) is 12.8. The number of nitrogens with zero attached hydrogens (tertiary/aromatic N) is 4. The van der Waals surface area contributed by atoms with Gasteiger partial charge in [0.25, 0.3) is 0 Å². The lowest BCUT2D eigenvalue weighted by Gasteiger charge is -2.21. The minimum absolute atomic E-state index is 0.405. The van der Waals surface area contributed by atoms with Crippen LogP contribution in [0.1, 0.15) is 18.3 Å². The van der Waals surface area contributed by atoms with Gasteiger partial charge in [-0.2, -0.15) is 0 Å². The Morgan fingerprint density at radius 3 is 2.78 bits per heavy atom. The van der Waals surface area contributed by atoms with E-state index in [2.05, 4.69) is 26.8 Å². The monoisotopic (exact) mass is 243 g/mol. The molecule has 2 aromatic heterocycles. The summed E-state index contributed by atoms with van der Waals surface area (Å²) >= 11 is 0. The van der Waals surface area contributed by atoms with Crippen molar-refractivity contribution in [3.63, 3.8) is 0 Å². The molecule has 0 aromatic carbocycles. The van der Waals surface area contributed by atoms with Gasteiger partial charge in [-0.15, -0.1) is 0 Å². The standard InChI is InChI=1S/C13H17N5/c1-2-18(10-11-5-3-4-6-16-11)13-9-15-8-12(7-14)17-13/h3-6,8-9H,2,7,10,14H2,1H3. The number of hydrogen-bond donors (Lipinski definition) is 1. The predicted molar refractivity (Wildman–Crippen MR) is 70.9 cm³/mol. The van der Waals surface area contributed by atoms with Crippen LogP contribution in [0.25, 0.3) is 0 Å². The Balaban J connectivity index is 2.17. The molecule has 0 saturated heterocycles. The van der Waals surface area contributed by atoms with Crippen molar-refractivity contribution in [2.75, 3.05) is 11.4 Å². The van der Waals surface area contributed by atoms with Gasteiger partial charge in [0.1, 0.15) is 5.82 Å². The molecular weight excluding hydrogens is 226 g/mol. The van der Waals surface area contributed by atoms with Crippen LogP contribution in [0.15, 0.2) is 36.8 Å². The maximum Gasteiger partial charge on any atom is 0.147 e. The van der Waals surface area contributed by atoms with Gasteiger partial charge < -0.3 is 10.6 Å². The third kappa shape index (κ3) is 3.01. The molecular formula is C13H17N5. The normalized spacial score (nSPS) is 10.3. The molecule has 0 bridgehead atoms. The first kappa shape index (κ1) is 12.4. The van der Waals surface area contributed by atoms with E-state index in [0.29, 0.717) is 6.54 Å². The summed E-state index contributed by atoms with van der Waals surface area (Å²) in [6, 6.07) is 5.90. The molecule has 0 unspecified atom stereocenters. The van der Waals surface area contributed by atoms with E-state index in [1.807, 2.05) is 18.2 Å². The van der Waals surface area contributed by atoms with Crippen molar-refractivity contribution in [3.05, 3.63) is 48.2 Å². The Kier molecular flexibility index (Phi) is 4.20. The molecule has 5 nitrogen and oxygen atoms in total. The van der Waals surface area contributed by atoms with Gasteiger partial charge in [-0.3, -0.25) is 9.97 Å². The van der Waals surface area contributed by atoms with Gasteiger partial charge in [-0.05, 0) is 19.1 Å². The van der Waals surface area contributed by atoms with Gasteiger partial charge in [0.05, 0.1) is 24.1 Å². The predicted octanol–water partition coefficient (Wildman–Crippen LogP) is 1.36. The second-order valence-electron chi connectivity index (χ2n) is 3.91. The molecule has 18 heavy (non-hydrogen) atoms. The molecule has 0 aliphatic rings. The average Bonchev–Trinajstić information content (AvgIpc) is 2.46. The number of hydrogen-bond acceptors (Lipinski definition) is 5. The number of anilines is 1. The molecule has 0 radical (unpaired) electrons. The first-order valence-electron chi connectivity index (χ1n) is 5.99. The van der Waals surface area contributed by atoms with E-state index in [-0.39, 0.29) is 0 Å². The van der Waals surface area contributed by atoms with Crippen LogP contribution in [0.4, 0.5) is 5.82 Å². The van der Waals surface area contributed by atoms with Crippen molar-refractivity contribution in [1.82, 2.24) is 15.0 Å². The lowest BCUT2D eigenvalue weighted by Crippen LogP contribution is -2.24. The smallest absolute Gasteiger partial charge is 0.147 e. The van der Waals surface area contributed by atoms with Crippen LogP contribution < -0.4 is 10.6 Å². The van der Waals surface area contributed by atoms with E-state index >= 15 is 0 Å². The van der Waals surface area contributed by atoms with Crippen LogP contribution in [-0.2, 0) is 13.1 Å². The first-order valence-corrected chi connectivity index (χ1v) is 5.99. The molecule has 2 heterocycles. The van der Waals surface area contributed by atoms with E-state index in [4.69, 9.17) is 5.73 Å². The first-order chi connectivity index (χ1) is 8.83. The SMILES string of the molecule is CCN(Cc1ccccn1)c1cncc(CN)n1. The van der Waals surface area contributed by atoms with Gasteiger partial charge >= 0.3 is 0 Å². The van der Waals surface area contributed by atoms with Gasteiger partial charge in [-0.1, -0.05) is 6.07 Å². The largest absolute Gasteiger partial charge is 0.350 e. The third-order valence-electron chi connectivity index (χ3n) is 2.67. The van der Waals surface area contributed by atoms with Crippen molar-refractivity contribution < 1.29 is 0 Å². The van der Waals surface area contributed by atoms with E-state index in [0.717, 1.165) is 30.3 Å². The van der Waals surface area contributed by atoms with Crippen LogP contribution in [0.5, 0.6) is 0 Å². The molecule has 94 valence electrons. The number of pyridine rings is 1. The van der Waals surface area contributed by atoms with Crippen LogP contribution in [0, 0.1) is 0 Å². The number of aromatic nitrogens is 3. The Morgan fingerprint density at radius 1 is 1.22 bits per heavy atom. The summed E-state index contributed by atoms with van der Waals surface area (Å²) in [5.74, 6) is 0.839. The minimum Gasteiger partial charge on any atom is -0.350 e. The van der Waals surface area contributed by atoms with Gasteiger partial charge in [0.2, 0.25) is 0 Å². The molecule has 0 saturated carbocycles. The van der Waals surface area contributed by atoms with Crippen LogP contribution >= 0.6 is 0 Å². The molecule has 0 aliphatic carbocycles. The Bertz CT molecular complexity index is 486.